The van der Waals surface area contributed by atoms with Crippen LogP contribution in [0.3, 0.4) is 0 Å². The molecule has 0 saturated heterocycles. The monoisotopic (exact) mass is 422 g/mol. The minimum absolute atomic E-state index is 0.00968. The van der Waals surface area contributed by atoms with Crippen molar-refractivity contribution in [2.75, 3.05) is 6.61 Å². The Kier molecular flexibility index (Phi) is 5.92. The van der Waals surface area contributed by atoms with Crippen molar-refractivity contribution < 1.29 is 23.1 Å². The first-order chi connectivity index (χ1) is 13.7. The SMILES string of the molecule is CCOC(=O)Cn1c(=NC(=O)c2cc(C)nn2C(C)C)sc2cc(F)cc(F)c21. The third-order valence-electron chi connectivity index (χ3n) is 4.05. The summed E-state index contributed by atoms with van der Waals surface area (Å²) in [7, 11) is 0. The van der Waals surface area contributed by atoms with E-state index in [0.29, 0.717) is 5.69 Å². The molecule has 0 aliphatic carbocycles. The molecular weight excluding hydrogens is 402 g/mol. The summed E-state index contributed by atoms with van der Waals surface area (Å²) in [5.41, 5.74) is 0.912. The van der Waals surface area contributed by atoms with Crippen LogP contribution in [0.1, 0.15) is 43.0 Å². The number of carbonyl (C=O) groups excluding carboxylic acids is 2. The van der Waals surface area contributed by atoms with Crippen LogP contribution in [0.5, 0.6) is 0 Å². The van der Waals surface area contributed by atoms with Crippen molar-refractivity contribution in [1.82, 2.24) is 14.3 Å². The van der Waals surface area contributed by atoms with Crippen LogP contribution >= 0.6 is 11.3 Å². The lowest BCUT2D eigenvalue weighted by molar-refractivity contribution is -0.143. The molecule has 29 heavy (non-hydrogen) atoms. The van der Waals surface area contributed by atoms with Crippen molar-refractivity contribution in [2.24, 2.45) is 4.99 Å². The van der Waals surface area contributed by atoms with Gasteiger partial charge in [-0.25, -0.2) is 8.78 Å². The average molecular weight is 422 g/mol. The standard InChI is InChI=1S/C19H20F2N4O3S/c1-5-28-16(26)9-24-17-13(21)7-12(20)8-15(17)29-19(24)22-18(27)14-6-11(4)23-25(14)10(2)3/h6-8,10H,5,9H2,1-4H3. The topological polar surface area (TPSA) is 78.5 Å². The van der Waals surface area contributed by atoms with Crippen LogP contribution in [0.15, 0.2) is 23.2 Å². The number of halogens is 2. The van der Waals surface area contributed by atoms with Gasteiger partial charge in [-0.15, -0.1) is 0 Å². The van der Waals surface area contributed by atoms with Gasteiger partial charge in [0.05, 0.1) is 22.5 Å². The Bertz CT molecular complexity index is 1160. The minimum Gasteiger partial charge on any atom is -0.465 e. The van der Waals surface area contributed by atoms with Gasteiger partial charge >= 0.3 is 5.97 Å². The van der Waals surface area contributed by atoms with E-state index in [0.717, 1.165) is 23.5 Å². The van der Waals surface area contributed by atoms with Crippen LogP contribution in [0.25, 0.3) is 10.2 Å². The Morgan fingerprint density at radius 3 is 2.66 bits per heavy atom. The summed E-state index contributed by atoms with van der Waals surface area (Å²) in [5, 5.41) is 4.29. The fourth-order valence-electron chi connectivity index (χ4n) is 2.91. The number of fused-ring (bicyclic) bond motifs is 1. The zero-order valence-electron chi connectivity index (χ0n) is 16.4. The molecule has 1 amide bonds. The van der Waals surface area contributed by atoms with Crippen molar-refractivity contribution in [3.05, 3.63) is 46.0 Å². The number of carbonyl (C=O) groups is 2. The Morgan fingerprint density at radius 1 is 1.28 bits per heavy atom. The quantitative estimate of drug-likeness (QED) is 0.591. The highest BCUT2D eigenvalue weighted by Crippen LogP contribution is 2.22. The molecule has 0 saturated carbocycles. The Morgan fingerprint density at radius 2 is 2.00 bits per heavy atom. The summed E-state index contributed by atoms with van der Waals surface area (Å²) in [5.74, 6) is -2.82. The molecule has 0 aliphatic heterocycles. The molecule has 3 rings (SSSR count). The minimum atomic E-state index is -0.850. The summed E-state index contributed by atoms with van der Waals surface area (Å²) in [6.45, 7) is 6.95. The van der Waals surface area contributed by atoms with Crippen molar-refractivity contribution in [1.29, 1.82) is 0 Å². The Hall–Kier alpha value is -2.88. The van der Waals surface area contributed by atoms with Gasteiger partial charge in [0.15, 0.2) is 10.6 Å². The largest absolute Gasteiger partial charge is 0.465 e. The van der Waals surface area contributed by atoms with Gasteiger partial charge in [0, 0.05) is 12.1 Å². The zero-order chi connectivity index (χ0) is 21.3. The lowest BCUT2D eigenvalue weighted by Crippen LogP contribution is -2.24. The molecule has 10 heteroatoms. The number of rotatable bonds is 5. The lowest BCUT2D eigenvalue weighted by atomic mass is 10.3. The number of ether oxygens (including phenoxy) is 1. The number of nitrogens with zero attached hydrogens (tertiary/aromatic N) is 4. The maximum Gasteiger partial charge on any atom is 0.326 e. The number of esters is 1. The van der Waals surface area contributed by atoms with Gasteiger partial charge < -0.3 is 9.30 Å². The van der Waals surface area contributed by atoms with E-state index < -0.39 is 23.5 Å². The van der Waals surface area contributed by atoms with E-state index in [1.807, 2.05) is 13.8 Å². The first kappa shape index (κ1) is 20.8. The van der Waals surface area contributed by atoms with Gasteiger partial charge in [-0.3, -0.25) is 14.3 Å². The molecular formula is C19H20F2N4O3S. The van der Waals surface area contributed by atoms with Crippen LogP contribution in [0.2, 0.25) is 0 Å². The van der Waals surface area contributed by atoms with Crippen molar-refractivity contribution in [2.45, 2.75) is 40.3 Å². The van der Waals surface area contributed by atoms with E-state index in [4.69, 9.17) is 4.74 Å². The predicted molar refractivity (Wildman–Crippen MR) is 104 cm³/mol. The molecule has 0 radical (unpaired) electrons. The molecule has 0 fully saturated rings. The van der Waals surface area contributed by atoms with E-state index in [9.17, 15) is 18.4 Å². The maximum absolute atomic E-state index is 14.4. The molecule has 3 aromatic rings. The number of benzene rings is 1. The van der Waals surface area contributed by atoms with Crippen molar-refractivity contribution in [3.8, 4) is 0 Å². The van der Waals surface area contributed by atoms with Crippen LogP contribution in [0, 0.1) is 18.6 Å². The predicted octanol–water partition coefficient (Wildman–Crippen LogP) is 3.37. The van der Waals surface area contributed by atoms with E-state index >= 15 is 0 Å². The number of hydrogen-bond donors (Lipinski definition) is 0. The molecule has 7 nitrogen and oxygen atoms in total. The highest BCUT2D eigenvalue weighted by atomic mass is 32.1. The fourth-order valence-corrected chi connectivity index (χ4v) is 3.98. The van der Waals surface area contributed by atoms with E-state index in [1.165, 1.54) is 4.57 Å². The van der Waals surface area contributed by atoms with Gasteiger partial charge in [0.2, 0.25) is 0 Å². The Balaban J connectivity index is 2.18. The second-order valence-corrected chi connectivity index (χ2v) is 7.65. The number of amides is 1. The summed E-state index contributed by atoms with van der Waals surface area (Å²) < 4.78 is 36.0. The first-order valence-electron chi connectivity index (χ1n) is 9.00. The van der Waals surface area contributed by atoms with Crippen LogP contribution in [-0.4, -0.2) is 32.8 Å². The molecule has 0 bridgehead atoms. The first-order valence-corrected chi connectivity index (χ1v) is 9.82. The zero-order valence-corrected chi connectivity index (χ0v) is 17.2. The summed E-state index contributed by atoms with van der Waals surface area (Å²) >= 11 is 0.914. The van der Waals surface area contributed by atoms with Crippen LogP contribution in [-0.2, 0) is 16.1 Å². The molecule has 154 valence electrons. The third-order valence-corrected chi connectivity index (χ3v) is 5.08. The average Bonchev–Trinajstić information content (AvgIpc) is 3.16. The summed E-state index contributed by atoms with van der Waals surface area (Å²) in [4.78, 5) is 29.0. The molecule has 0 atom stereocenters. The van der Waals surface area contributed by atoms with E-state index in [1.54, 1.807) is 24.6 Å². The number of aryl methyl sites for hydroxylation is 1. The number of hydrogen-bond acceptors (Lipinski definition) is 5. The lowest BCUT2D eigenvalue weighted by Gasteiger charge is -2.08. The number of aromatic nitrogens is 3. The maximum atomic E-state index is 14.4. The van der Waals surface area contributed by atoms with Gasteiger partial charge in [-0.1, -0.05) is 11.3 Å². The fraction of sp³-hybridized carbons (Fsp3) is 0.368. The molecule has 0 spiro atoms. The highest BCUT2D eigenvalue weighted by molar-refractivity contribution is 7.16. The Labute approximate surface area is 169 Å². The van der Waals surface area contributed by atoms with Crippen molar-refractivity contribution >= 4 is 33.4 Å². The molecule has 1 aromatic carbocycles. The highest BCUT2D eigenvalue weighted by Gasteiger charge is 2.19. The smallest absolute Gasteiger partial charge is 0.326 e. The van der Waals surface area contributed by atoms with Crippen LogP contribution < -0.4 is 4.80 Å². The molecule has 0 unspecified atom stereocenters. The molecule has 2 aromatic heterocycles. The van der Waals surface area contributed by atoms with E-state index in [-0.39, 0.29) is 39.9 Å². The molecule has 2 heterocycles. The van der Waals surface area contributed by atoms with Gasteiger partial charge in [-0.05, 0) is 39.8 Å². The van der Waals surface area contributed by atoms with Crippen molar-refractivity contribution in [3.63, 3.8) is 0 Å². The summed E-state index contributed by atoms with van der Waals surface area (Å²) in [6, 6.07) is 3.39. The number of thiazole rings is 1. The molecule has 0 N–H and O–H groups in total. The second-order valence-electron chi connectivity index (χ2n) is 6.64. The summed E-state index contributed by atoms with van der Waals surface area (Å²) in [6.07, 6.45) is 0. The molecule has 0 aliphatic rings. The van der Waals surface area contributed by atoms with Gasteiger partial charge in [0.25, 0.3) is 5.91 Å². The van der Waals surface area contributed by atoms with Gasteiger partial charge in [0.1, 0.15) is 18.1 Å². The normalized spacial score (nSPS) is 12.2. The second kappa shape index (κ2) is 8.24. The van der Waals surface area contributed by atoms with E-state index in [2.05, 4.69) is 10.1 Å². The third kappa shape index (κ3) is 4.26. The van der Waals surface area contributed by atoms with Crippen LogP contribution in [0.4, 0.5) is 8.78 Å². The van der Waals surface area contributed by atoms with Gasteiger partial charge in [-0.2, -0.15) is 10.1 Å².